The molecule has 0 bridgehead atoms. The third kappa shape index (κ3) is 2.34. The number of fused-ring (bicyclic) bond motifs is 1. The predicted octanol–water partition coefficient (Wildman–Crippen LogP) is 4.40. The number of aryl methyl sites for hydroxylation is 2. The van der Waals surface area contributed by atoms with Gasteiger partial charge in [-0.3, -0.25) is 0 Å². The Kier molecular flexibility index (Phi) is 3.00. The van der Waals surface area contributed by atoms with Crippen LogP contribution >= 0.6 is 0 Å². The Hall–Kier alpha value is -2.22. The number of nitrogens with one attached hydrogen (secondary N) is 2. The molecule has 3 aromatic rings. The lowest BCUT2D eigenvalue weighted by Crippen LogP contribution is -1.99. The molecule has 2 nitrogen and oxygen atoms in total. The molecule has 2 heteroatoms. The zero-order valence-corrected chi connectivity index (χ0v) is 11.3. The van der Waals surface area contributed by atoms with Crippen LogP contribution in [0.5, 0.6) is 0 Å². The van der Waals surface area contributed by atoms with Crippen molar-refractivity contribution in [3.8, 4) is 0 Å². The minimum Gasteiger partial charge on any atom is -0.381 e. The minimum absolute atomic E-state index is 0.840. The van der Waals surface area contributed by atoms with Gasteiger partial charge in [0.15, 0.2) is 0 Å². The van der Waals surface area contributed by atoms with Gasteiger partial charge in [-0.15, -0.1) is 0 Å². The van der Waals surface area contributed by atoms with E-state index in [0.717, 1.165) is 6.54 Å². The molecule has 0 saturated heterocycles. The van der Waals surface area contributed by atoms with Gasteiger partial charge < -0.3 is 10.3 Å². The summed E-state index contributed by atoms with van der Waals surface area (Å²) in [7, 11) is 0. The SMILES string of the molecule is Cc1ccc(NCc2c[nH]c3ccccc23)cc1C. The summed E-state index contributed by atoms with van der Waals surface area (Å²) >= 11 is 0. The quantitative estimate of drug-likeness (QED) is 0.708. The van der Waals surface area contributed by atoms with E-state index in [9.17, 15) is 0 Å². The number of para-hydroxylation sites is 1. The zero-order chi connectivity index (χ0) is 13.2. The molecule has 3 rings (SSSR count). The van der Waals surface area contributed by atoms with Gasteiger partial charge in [0.2, 0.25) is 0 Å². The summed E-state index contributed by atoms with van der Waals surface area (Å²) in [6.07, 6.45) is 2.08. The van der Waals surface area contributed by atoms with Crippen molar-refractivity contribution < 1.29 is 0 Å². The normalized spacial score (nSPS) is 10.8. The Bertz CT molecular complexity index is 710. The topological polar surface area (TPSA) is 27.8 Å². The molecule has 0 aliphatic carbocycles. The van der Waals surface area contributed by atoms with E-state index in [1.54, 1.807) is 0 Å². The number of anilines is 1. The lowest BCUT2D eigenvalue weighted by atomic mass is 10.1. The molecule has 19 heavy (non-hydrogen) atoms. The van der Waals surface area contributed by atoms with Gasteiger partial charge in [-0.25, -0.2) is 0 Å². The monoisotopic (exact) mass is 250 g/mol. The summed E-state index contributed by atoms with van der Waals surface area (Å²) in [5.74, 6) is 0. The highest BCUT2D eigenvalue weighted by Gasteiger charge is 2.02. The van der Waals surface area contributed by atoms with Crippen molar-refractivity contribution in [1.29, 1.82) is 0 Å². The summed E-state index contributed by atoms with van der Waals surface area (Å²) in [5.41, 5.74) is 6.32. The first kappa shape index (κ1) is 11.8. The second kappa shape index (κ2) is 4.81. The van der Waals surface area contributed by atoms with Crippen molar-refractivity contribution in [2.24, 2.45) is 0 Å². The molecule has 1 aromatic heterocycles. The second-order valence-electron chi connectivity index (χ2n) is 5.01. The first-order valence-corrected chi connectivity index (χ1v) is 6.60. The van der Waals surface area contributed by atoms with Crippen molar-refractivity contribution >= 4 is 16.6 Å². The molecule has 0 amide bonds. The van der Waals surface area contributed by atoms with Gasteiger partial charge in [0.25, 0.3) is 0 Å². The maximum Gasteiger partial charge on any atom is 0.0457 e. The standard InChI is InChI=1S/C17H18N2/c1-12-7-8-15(9-13(12)2)18-10-14-11-19-17-6-4-3-5-16(14)17/h3-9,11,18-19H,10H2,1-2H3. The van der Waals surface area contributed by atoms with Crippen LogP contribution in [0, 0.1) is 13.8 Å². The fraction of sp³-hybridized carbons (Fsp3) is 0.176. The summed E-state index contributed by atoms with van der Waals surface area (Å²) in [5, 5.41) is 4.78. The molecule has 0 aliphatic rings. The van der Waals surface area contributed by atoms with Gasteiger partial charge in [-0.2, -0.15) is 0 Å². The van der Waals surface area contributed by atoms with Crippen molar-refractivity contribution in [1.82, 2.24) is 4.98 Å². The van der Waals surface area contributed by atoms with E-state index in [0.29, 0.717) is 0 Å². The number of rotatable bonds is 3. The van der Waals surface area contributed by atoms with E-state index in [4.69, 9.17) is 0 Å². The molecular weight excluding hydrogens is 232 g/mol. The molecule has 1 heterocycles. The molecular formula is C17H18N2. The Morgan fingerprint density at radius 1 is 1.00 bits per heavy atom. The van der Waals surface area contributed by atoms with Crippen LogP contribution in [0.4, 0.5) is 5.69 Å². The van der Waals surface area contributed by atoms with Crippen molar-refractivity contribution in [3.05, 3.63) is 65.4 Å². The molecule has 0 unspecified atom stereocenters. The fourth-order valence-electron chi connectivity index (χ4n) is 2.33. The molecule has 2 N–H and O–H groups in total. The largest absolute Gasteiger partial charge is 0.381 e. The first-order valence-electron chi connectivity index (χ1n) is 6.60. The maximum atomic E-state index is 3.49. The molecule has 96 valence electrons. The molecule has 0 radical (unpaired) electrons. The number of hydrogen-bond donors (Lipinski definition) is 2. The summed E-state index contributed by atoms with van der Waals surface area (Å²) < 4.78 is 0. The van der Waals surface area contributed by atoms with Crippen LogP contribution in [0.25, 0.3) is 10.9 Å². The van der Waals surface area contributed by atoms with E-state index >= 15 is 0 Å². The first-order chi connectivity index (χ1) is 9.24. The Morgan fingerprint density at radius 2 is 1.84 bits per heavy atom. The van der Waals surface area contributed by atoms with Gasteiger partial charge in [-0.1, -0.05) is 24.3 Å². The Labute approximate surface area is 113 Å². The highest BCUT2D eigenvalue weighted by molar-refractivity contribution is 5.83. The summed E-state index contributed by atoms with van der Waals surface area (Å²) in [6, 6.07) is 14.9. The van der Waals surface area contributed by atoms with E-state index in [2.05, 4.69) is 72.8 Å². The van der Waals surface area contributed by atoms with Crippen LogP contribution in [0.15, 0.2) is 48.7 Å². The van der Waals surface area contributed by atoms with Gasteiger partial charge in [0.1, 0.15) is 0 Å². The number of aromatic amines is 1. The van der Waals surface area contributed by atoms with Crippen molar-refractivity contribution in [2.45, 2.75) is 20.4 Å². The third-order valence-corrected chi connectivity index (χ3v) is 3.66. The zero-order valence-electron chi connectivity index (χ0n) is 11.3. The Morgan fingerprint density at radius 3 is 2.68 bits per heavy atom. The van der Waals surface area contributed by atoms with Crippen LogP contribution in [-0.4, -0.2) is 4.98 Å². The average molecular weight is 250 g/mol. The average Bonchev–Trinajstić information content (AvgIpc) is 2.83. The van der Waals surface area contributed by atoms with Crippen LogP contribution in [-0.2, 0) is 6.54 Å². The third-order valence-electron chi connectivity index (χ3n) is 3.66. The minimum atomic E-state index is 0.840. The summed E-state index contributed by atoms with van der Waals surface area (Å²) in [4.78, 5) is 3.30. The molecule has 0 atom stereocenters. The molecule has 0 spiro atoms. The van der Waals surface area contributed by atoms with Gasteiger partial charge in [0, 0.05) is 29.3 Å². The maximum absolute atomic E-state index is 3.49. The van der Waals surface area contributed by atoms with Gasteiger partial charge >= 0.3 is 0 Å². The molecule has 0 saturated carbocycles. The van der Waals surface area contributed by atoms with Crippen LogP contribution < -0.4 is 5.32 Å². The number of aromatic nitrogens is 1. The van der Waals surface area contributed by atoms with E-state index in [-0.39, 0.29) is 0 Å². The number of hydrogen-bond acceptors (Lipinski definition) is 1. The lowest BCUT2D eigenvalue weighted by Gasteiger charge is -2.08. The molecule has 0 fully saturated rings. The van der Waals surface area contributed by atoms with Crippen LogP contribution in [0.2, 0.25) is 0 Å². The van der Waals surface area contributed by atoms with Crippen molar-refractivity contribution in [2.75, 3.05) is 5.32 Å². The number of benzene rings is 2. The smallest absolute Gasteiger partial charge is 0.0457 e. The van der Waals surface area contributed by atoms with E-state index < -0.39 is 0 Å². The molecule has 0 aliphatic heterocycles. The van der Waals surface area contributed by atoms with E-state index in [1.165, 1.54) is 33.3 Å². The molecule has 2 aromatic carbocycles. The second-order valence-corrected chi connectivity index (χ2v) is 5.01. The van der Waals surface area contributed by atoms with Gasteiger partial charge in [0.05, 0.1) is 0 Å². The van der Waals surface area contributed by atoms with Crippen LogP contribution in [0.1, 0.15) is 16.7 Å². The summed E-state index contributed by atoms with van der Waals surface area (Å²) in [6.45, 7) is 5.12. The van der Waals surface area contributed by atoms with Gasteiger partial charge in [-0.05, 0) is 48.7 Å². The predicted molar refractivity (Wildman–Crippen MR) is 81.5 cm³/mol. The number of H-pyrrole nitrogens is 1. The lowest BCUT2D eigenvalue weighted by molar-refractivity contribution is 1.16. The van der Waals surface area contributed by atoms with Crippen LogP contribution in [0.3, 0.4) is 0 Å². The highest BCUT2D eigenvalue weighted by atomic mass is 14.9. The fourth-order valence-corrected chi connectivity index (χ4v) is 2.33. The Balaban J connectivity index is 1.80. The van der Waals surface area contributed by atoms with Crippen molar-refractivity contribution in [3.63, 3.8) is 0 Å². The highest BCUT2D eigenvalue weighted by Crippen LogP contribution is 2.20. The van der Waals surface area contributed by atoms with E-state index in [1.807, 2.05) is 0 Å².